The van der Waals surface area contributed by atoms with Crippen LogP contribution >= 0.6 is 113 Å². The summed E-state index contributed by atoms with van der Waals surface area (Å²) in [5.74, 6) is 1.18. The van der Waals surface area contributed by atoms with E-state index in [0.29, 0.717) is 61.2 Å². The molecule has 12 rings (SSSR count). The lowest BCUT2D eigenvalue weighted by Gasteiger charge is -2.32. The van der Waals surface area contributed by atoms with Crippen molar-refractivity contribution in [2.24, 2.45) is 0 Å². The second-order valence-corrected chi connectivity index (χ2v) is 23.6. The number of benzene rings is 7. The average Bonchev–Trinajstić information content (AvgIpc) is 2.15. The number of nitrogens with two attached hydrogens (primary N) is 1. The molecule has 1 saturated heterocycles. The fourth-order valence-electron chi connectivity index (χ4n) is 7.53. The number of amides is 2. The van der Waals surface area contributed by atoms with E-state index in [1.807, 2.05) is 52.0 Å². The summed E-state index contributed by atoms with van der Waals surface area (Å²) in [5.41, 5.74) is 7.31. The highest BCUT2D eigenvalue weighted by atomic mass is 79.9. The van der Waals surface area contributed by atoms with E-state index in [0.717, 1.165) is 56.4 Å². The Bertz CT molecular complexity index is 3600. The number of nitro groups is 2. The van der Waals surface area contributed by atoms with Crippen LogP contribution in [0.5, 0.6) is 34.5 Å². The Balaban J connectivity index is 0.000000166. The van der Waals surface area contributed by atoms with Crippen LogP contribution in [0.3, 0.4) is 0 Å². The van der Waals surface area contributed by atoms with Crippen molar-refractivity contribution in [3.63, 3.8) is 0 Å². The van der Waals surface area contributed by atoms with Crippen molar-refractivity contribution in [1.82, 2.24) is 0 Å². The molecule has 5 aliphatic heterocycles. The molecular weight excluding hydrogens is 1430 g/mol. The number of nitrogen functional groups attached to an aromatic ring is 1. The molecule has 21 nitrogen and oxygen atoms in total. The summed E-state index contributed by atoms with van der Waals surface area (Å²) >= 11 is 47.2. The third-order valence-electron chi connectivity index (χ3n) is 12.6. The molecule has 7 aromatic rings. The van der Waals surface area contributed by atoms with Gasteiger partial charge in [0.2, 0.25) is 5.82 Å². The molecule has 2 amide bonds. The normalized spacial score (nSPS) is 14.7. The largest absolute Gasteiger partial charge is 0.506 e. The number of aromatic hydroxyl groups is 2. The summed E-state index contributed by atoms with van der Waals surface area (Å²) in [6.45, 7) is 11.1. The van der Waals surface area contributed by atoms with Gasteiger partial charge in [0.25, 0.3) is 11.8 Å². The number of halogens is 10. The highest BCUT2D eigenvalue weighted by molar-refractivity contribution is 9.10. The average molecular weight is 1480 g/mol. The van der Waals surface area contributed by atoms with E-state index in [1.54, 1.807) is 42.5 Å². The highest BCUT2D eigenvalue weighted by Gasteiger charge is 2.52. The molecule has 0 radical (unpaired) electrons. The number of hydrogen-bond donors (Lipinski definition) is 7. The van der Waals surface area contributed by atoms with Gasteiger partial charge in [-0.15, -0.1) is 0 Å². The first kappa shape index (κ1) is 70.5. The second kappa shape index (κ2) is 31.7. The van der Waals surface area contributed by atoms with Gasteiger partial charge >= 0.3 is 18.5 Å². The summed E-state index contributed by atoms with van der Waals surface area (Å²) in [4.78, 5) is 40.6. The van der Waals surface area contributed by atoms with Gasteiger partial charge in [-0.2, -0.15) is 4.39 Å². The monoisotopic (exact) mass is 1480 g/mol. The quantitative estimate of drug-likeness (QED) is 0.0284. The fraction of sp³-hybridized carbons (Fsp3) is 0.214. The maximum Gasteiger partial charge on any atom is 0.496 e. The van der Waals surface area contributed by atoms with E-state index < -0.39 is 39.9 Å². The third kappa shape index (κ3) is 18.3. The van der Waals surface area contributed by atoms with Gasteiger partial charge in [-0.05, 0) is 138 Å². The molecular formula is C56H50BBr2Cl7FN7O14. The molecule has 88 heavy (non-hydrogen) atoms. The summed E-state index contributed by atoms with van der Waals surface area (Å²) in [6.07, 6.45) is 0. The molecule has 7 aromatic carbocycles. The number of nitro benzene ring substituents is 2. The number of nitrogens with one attached hydrogen (secondary N) is 4. The lowest BCUT2D eigenvalue weighted by atomic mass is 9.78. The number of fused-ring (bicyclic) bond motifs is 4. The predicted molar refractivity (Wildman–Crippen MR) is 349 cm³/mol. The first-order valence-corrected chi connectivity index (χ1v) is 29.7. The number of nitrogens with zero attached hydrogens (tertiary/aromatic N) is 2. The Labute approximate surface area is 554 Å². The molecule has 32 heteroatoms. The van der Waals surface area contributed by atoms with Crippen molar-refractivity contribution in [1.29, 1.82) is 0 Å². The number of hydrogen-bond acceptors (Lipinski definition) is 17. The summed E-state index contributed by atoms with van der Waals surface area (Å²) in [5, 5.41) is 52.3. The van der Waals surface area contributed by atoms with Crippen LogP contribution in [0.15, 0.2) is 118 Å². The Morgan fingerprint density at radius 2 is 0.966 bits per heavy atom. The minimum Gasteiger partial charge on any atom is -0.506 e. The van der Waals surface area contributed by atoms with Crippen LogP contribution in [0.4, 0.5) is 44.2 Å². The van der Waals surface area contributed by atoms with E-state index >= 15 is 0 Å². The van der Waals surface area contributed by atoms with Gasteiger partial charge in [0, 0.05) is 27.5 Å². The molecule has 0 atom stereocenters. The molecule has 0 bridgehead atoms. The topological polar surface area (TPSA) is 290 Å². The zero-order valence-corrected chi connectivity index (χ0v) is 54.7. The summed E-state index contributed by atoms with van der Waals surface area (Å²) in [6, 6.07) is 28.7. The highest BCUT2D eigenvalue weighted by Crippen LogP contribution is 2.43. The van der Waals surface area contributed by atoms with E-state index in [1.165, 1.54) is 36.4 Å². The van der Waals surface area contributed by atoms with E-state index in [4.69, 9.17) is 125 Å². The zero-order valence-electron chi connectivity index (χ0n) is 46.3. The van der Waals surface area contributed by atoms with Crippen LogP contribution in [0.25, 0.3) is 0 Å². The van der Waals surface area contributed by atoms with Crippen molar-refractivity contribution in [2.45, 2.75) is 38.9 Å². The van der Waals surface area contributed by atoms with Crippen molar-refractivity contribution in [2.75, 3.05) is 66.5 Å². The second-order valence-electron chi connectivity index (χ2n) is 19.1. The van der Waals surface area contributed by atoms with E-state index in [-0.39, 0.29) is 57.7 Å². The molecule has 0 aromatic heterocycles. The molecule has 1 fully saturated rings. The fourth-order valence-corrected chi connectivity index (χ4v) is 9.78. The number of ether oxygens (including phenoxy) is 4. The number of carbonyl (C=O) groups is 2. The molecule has 8 N–H and O–H groups in total. The zero-order chi connectivity index (χ0) is 64.8. The number of phenolic OH excluding ortho intramolecular Hbond substituents is 2. The summed E-state index contributed by atoms with van der Waals surface area (Å²) < 4.78 is 47.5. The van der Waals surface area contributed by atoms with Crippen molar-refractivity contribution in [3.05, 3.63) is 179 Å². The van der Waals surface area contributed by atoms with Gasteiger partial charge in [0.1, 0.15) is 63.4 Å². The standard InChI is InChI=1S/C14H19BClNO3.C8H5BrClNO2.C8H7BrClNO.C8H6ClNO2.C6H3ClFNO2.C6H4ClNO3.C6H6ClNO/c1-13(2)14(3,4)20-15(19-13)9-5-6-10-12(11(9)16)17-7-8-18-10;9-4-1-2-5-8(7(4)10)11-6(12)3-13-5;9-5-1-2-6-8(7(5)10)11-3-4-12-6;9-5-2-1-3-6-8(5)10-7(11)4-12-6;7-4-2-1-3-5(8)6(4)9(10)11;7-4-2-1-3-5(9)6(4)8(10)11;7-4-2-1-3-5(9)6(4)8/h5-6,17H,7-8H2,1-4H3;1-2H,3H2,(H,11,12);1-2,11H,3-4H2;1-3H,4H2,(H,10,11);1-3H;1-3,9H;1-3,9H,8H2. The number of para-hydroxylation sites is 4. The minimum absolute atomic E-state index is 0.0301. The number of rotatable bonds is 3. The van der Waals surface area contributed by atoms with Gasteiger partial charge in [0.05, 0.1) is 63.2 Å². The number of anilines is 5. The molecule has 5 aliphatic rings. The lowest BCUT2D eigenvalue weighted by Crippen LogP contribution is -2.41. The first-order valence-electron chi connectivity index (χ1n) is 25.5. The molecule has 0 unspecified atom stereocenters. The third-order valence-corrected chi connectivity index (χ3v) is 16.8. The predicted octanol–water partition coefficient (Wildman–Crippen LogP) is 15.4. The maximum absolute atomic E-state index is 12.6. The van der Waals surface area contributed by atoms with Gasteiger partial charge in [-0.25, -0.2) is 0 Å². The van der Waals surface area contributed by atoms with Crippen LogP contribution < -0.4 is 51.4 Å². The van der Waals surface area contributed by atoms with Crippen LogP contribution in [-0.4, -0.2) is 89.7 Å². The molecule has 0 aliphatic carbocycles. The molecule has 466 valence electrons. The molecule has 0 saturated carbocycles. The van der Waals surface area contributed by atoms with E-state index in [9.17, 15) is 34.2 Å². The van der Waals surface area contributed by atoms with Crippen molar-refractivity contribution < 1.29 is 62.3 Å². The lowest BCUT2D eigenvalue weighted by molar-refractivity contribution is -0.387. The van der Waals surface area contributed by atoms with Crippen molar-refractivity contribution >= 4 is 177 Å². The number of phenols is 2. The van der Waals surface area contributed by atoms with Crippen LogP contribution in [-0.2, 0) is 18.9 Å². The SMILES string of the molecule is CC1(C)OB(c2ccc3c(c2Cl)NCCO3)OC1(C)C.Clc1c(Br)ccc2c1NCCO2.Nc1c(O)cccc1Cl.O=C1COc2ccc(Br)c(Cl)c2N1.O=C1COc2cccc(Cl)c2N1.O=[N+]([O-])c1c(F)cccc1Cl.O=[N+]([O-])c1c(O)cccc1Cl. The van der Waals surface area contributed by atoms with Crippen LogP contribution in [0.2, 0.25) is 35.2 Å². The molecule has 0 spiro atoms. The Hall–Kier alpha value is -6.62. The van der Waals surface area contributed by atoms with Gasteiger partial charge in [0.15, 0.2) is 19.0 Å². The van der Waals surface area contributed by atoms with Crippen molar-refractivity contribution in [3.8, 4) is 34.5 Å². The smallest absolute Gasteiger partial charge is 0.496 e. The maximum atomic E-state index is 12.6. The Morgan fingerprint density at radius 3 is 1.44 bits per heavy atom. The Morgan fingerprint density at radius 1 is 0.545 bits per heavy atom. The summed E-state index contributed by atoms with van der Waals surface area (Å²) in [7, 11) is -0.457. The van der Waals surface area contributed by atoms with Gasteiger partial charge < -0.3 is 65.5 Å². The first-order chi connectivity index (χ1) is 41.5. The van der Waals surface area contributed by atoms with Crippen LogP contribution in [0, 0.1) is 26.0 Å². The molecule has 5 heterocycles. The number of carbonyl (C=O) groups excluding carboxylic acids is 2. The van der Waals surface area contributed by atoms with E-state index in [2.05, 4.69) is 53.1 Å². The Kier molecular flexibility index (Phi) is 25.4. The van der Waals surface area contributed by atoms with Crippen LogP contribution in [0.1, 0.15) is 27.7 Å². The van der Waals surface area contributed by atoms with Gasteiger partial charge in [-0.1, -0.05) is 112 Å². The minimum atomic E-state index is -0.914. The van der Waals surface area contributed by atoms with Gasteiger partial charge in [-0.3, -0.25) is 29.8 Å².